The molecule has 4 nitrogen and oxygen atoms in total. The topological polar surface area (TPSA) is 51.7 Å². The van der Waals surface area contributed by atoms with Crippen LogP contribution in [0.1, 0.15) is 83.9 Å². The van der Waals surface area contributed by atoms with Crippen LogP contribution in [0, 0.1) is 28.6 Å². The van der Waals surface area contributed by atoms with Crippen LogP contribution in [0.4, 0.5) is 0 Å². The molecule has 1 aliphatic heterocycles. The Morgan fingerprint density at radius 1 is 1.13 bits per heavy atom. The number of ether oxygens (including phenoxy) is 2. The third-order valence-electron chi connectivity index (χ3n) is 10.2. The van der Waals surface area contributed by atoms with E-state index in [1.807, 2.05) is 12.3 Å². The molecule has 31 heavy (non-hydrogen) atoms. The van der Waals surface area contributed by atoms with Crippen LogP contribution in [0.3, 0.4) is 0 Å². The van der Waals surface area contributed by atoms with Crippen molar-refractivity contribution in [1.82, 2.24) is 4.98 Å². The Balaban J connectivity index is 1.26. The Bertz CT molecular complexity index is 928. The average molecular weight is 422 g/mol. The van der Waals surface area contributed by atoms with Gasteiger partial charge in [-0.3, -0.25) is 9.78 Å². The summed E-state index contributed by atoms with van der Waals surface area (Å²) in [4.78, 5) is 16.1. The number of carbonyl (C=O) groups is 1. The van der Waals surface area contributed by atoms with Gasteiger partial charge in [-0.15, -0.1) is 0 Å². The van der Waals surface area contributed by atoms with Gasteiger partial charge in [-0.1, -0.05) is 31.6 Å². The molecule has 1 spiro atoms. The number of hydrogen-bond acceptors (Lipinski definition) is 4. The summed E-state index contributed by atoms with van der Waals surface area (Å²) in [7, 11) is 0. The molecule has 8 atom stereocenters. The van der Waals surface area contributed by atoms with E-state index >= 15 is 0 Å². The van der Waals surface area contributed by atoms with Gasteiger partial charge < -0.3 is 9.47 Å². The van der Waals surface area contributed by atoms with Crippen LogP contribution in [-0.4, -0.2) is 22.7 Å². The van der Waals surface area contributed by atoms with E-state index in [9.17, 15) is 4.79 Å². The Kier molecular flexibility index (Phi) is 4.29. The number of esters is 1. The summed E-state index contributed by atoms with van der Waals surface area (Å²) in [5, 5.41) is 0. The minimum atomic E-state index is -0.139. The van der Waals surface area contributed by atoms with Crippen LogP contribution < -0.4 is 0 Å². The normalized spacial score (nSPS) is 47.7. The van der Waals surface area contributed by atoms with Crippen molar-refractivity contribution in [3.63, 3.8) is 0 Å². The molecule has 3 saturated carbocycles. The first-order valence-electron chi connectivity index (χ1n) is 12.3. The number of allylic oxidation sites excluding steroid dienone is 1. The molecule has 5 aliphatic rings. The largest absolute Gasteiger partial charge is 0.462 e. The maximum absolute atomic E-state index is 11.5. The fourth-order valence-corrected chi connectivity index (χ4v) is 8.63. The maximum atomic E-state index is 11.5. The van der Waals surface area contributed by atoms with Gasteiger partial charge in [0, 0.05) is 25.0 Å². The van der Waals surface area contributed by atoms with E-state index in [2.05, 4.69) is 37.0 Å². The average Bonchev–Trinajstić information content (AvgIpc) is 3.42. The molecule has 166 valence electrons. The number of hydrogen-bond donors (Lipinski definition) is 0. The van der Waals surface area contributed by atoms with Gasteiger partial charge in [-0.2, -0.15) is 0 Å². The molecule has 0 bridgehead atoms. The van der Waals surface area contributed by atoms with E-state index < -0.39 is 0 Å². The van der Waals surface area contributed by atoms with E-state index in [1.165, 1.54) is 39.0 Å². The van der Waals surface area contributed by atoms with Gasteiger partial charge in [0.2, 0.25) is 0 Å². The first-order chi connectivity index (χ1) is 14.9. The highest BCUT2D eigenvalue weighted by atomic mass is 16.6. The molecular weight excluding hydrogens is 386 g/mol. The number of fused-ring (bicyclic) bond motifs is 6. The van der Waals surface area contributed by atoms with Crippen molar-refractivity contribution in [3.8, 4) is 0 Å². The lowest BCUT2D eigenvalue weighted by molar-refractivity contribution is -0.148. The van der Waals surface area contributed by atoms with Crippen molar-refractivity contribution in [2.75, 3.05) is 0 Å². The van der Waals surface area contributed by atoms with E-state index in [0.717, 1.165) is 42.7 Å². The highest BCUT2D eigenvalue weighted by Crippen LogP contribution is 2.75. The van der Waals surface area contributed by atoms with Crippen LogP contribution in [0.5, 0.6) is 0 Å². The summed E-state index contributed by atoms with van der Waals surface area (Å²) in [5.74, 6) is 2.11. The van der Waals surface area contributed by atoms with Gasteiger partial charge in [0.05, 0.1) is 5.69 Å². The van der Waals surface area contributed by atoms with E-state index in [-0.39, 0.29) is 34.6 Å². The van der Waals surface area contributed by atoms with Crippen LogP contribution in [-0.2, 0) is 14.3 Å². The number of rotatable bonds is 2. The fraction of sp³-hybridized carbons (Fsp3) is 0.704. The van der Waals surface area contributed by atoms with Gasteiger partial charge in [-0.25, -0.2) is 0 Å². The summed E-state index contributed by atoms with van der Waals surface area (Å²) >= 11 is 0. The molecule has 2 heterocycles. The molecular formula is C27H35NO3. The SMILES string of the molecule is CC(=O)O[C@H]1CC[C@@]2(C)C(=CCC3C2CC[C@@]2(C)C3CC[C@]23O[C@H]3c2ccccn2)C1. The zero-order valence-electron chi connectivity index (χ0n) is 19.1. The second-order valence-corrected chi connectivity index (χ2v) is 11.4. The predicted octanol–water partition coefficient (Wildman–Crippen LogP) is 5.79. The Morgan fingerprint density at radius 3 is 2.74 bits per heavy atom. The van der Waals surface area contributed by atoms with Crippen LogP contribution >= 0.6 is 0 Å². The van der Waals surface area contributed by atoms with Gasteiger partial charge in [0.1, 0.15) is 17.8 Å². The highest BCUT2D eigenvalue weighted by molar-refractivity contribution is 5.66. The van der Waals surface area contributed by atoms with Crippen LogP contribution in [0.2, 0.25) is 0 Å². The number of epoxide rings is 1. The lowest BCUT2D eigenvalue weighted by Gasteiger charge is -2.57. The molecule has 4 aliphatic carbocycles. The van der Waals surface area contributed by atoms with Crippen LogP contribution in [0.15, 0.2) is 36.0 Å². The standard InChI is InChI=1S/C27H35NO3/c1-17(29)30-19-9-12-25(2)18(16-19)7-8-20-21(25)10-13-26(3)22(20)11-14-27(26)24(31-27)23-6-4-5-15-28-23/h4-7,15,19-22,24H,8-14,16H2,1-3H3/t19-,20?,21?,22?,24-,25-,26-,27+/m0/s1. The lowest BCUT2D eigenvalue weighted by atomic mass is 9.47. The fourth-order valence-electron chi connectivity index (χ4n) is 8.63. The molecule has 1 saturated heterocycles. The molecule has 0 amide bonds. The van der Waals surface area contributed by atoms with Crippen molar-refractivity contribution in [2.45, 2.75) is 89.9 Å². The smallest absolute Gasteiger partial charge is 0.302 e. The Hall–Kier alpha value is -1.68. The van der Waals surface area contributed by atoms with E-state index in [1.54, 1.807) is 5.57 Å². The molecule has 4 heteroatoms. The van der Waals surface area contributed by atoms with E-state index in [4.69, 9.17) is 9.47 Å². The molecule has 0 radical (unpaired) electrons. The maximum Gasteiger partial charge on any atom is 0.302 e. The molecule has 0 aromatic carbocycles. The summed E-state index contributed by atoms with van der Waals surface area (Å²) in [6.45, 7) is 6.58. The summed E-state index contributed by atoms with van der Waals surface area (Å²) in [5.41, 5.74) is 3.23. The second-order valence-electron chi connectivity index (χ2n) is 11.4. The Morgan fingerprint density at radius 2 is 1.97 bits per heavy atom. The van der Waals surface area contributed by atoms with Gasteiger partial charge in [-0.05, 0) is 80.2 Å². The molecule has 1 aromatic heterocycles. The van der Waals surface area contributed by atoms with Crippen molar-refractivity contribution in [3.05, 3.63) is 41.7 Å². The minimum Gasteiger partial charge on any atom is -0.462 e. The van der Waals surface area contributed by atoms with Gasteiger partial charge in [0.25, 0.3) is 0 Å². The lowest BCUT2D eigenvalue weighted by Crippen LogP contribution is -2.52. The predicted molar refractivity (Wildman–Crippen MR) is 118 cm³/mol. The third kappa shape index (κ3) is 2.70. The van der Waals surface area contributed by atoms with E-state index in [0.29, 0.717) is 0 Å². The third-order valence-corrected chi connectivity index (χ3v) is 10.2. The molecule has 1 aromatic rings. The number of pyridine rings is 1. The molecule has 3 unspecified atom stereocenters. The quantitative estimate of drug-likeness (QED) is 0.345. The van der Waals surface area contributed by atoms with Crippen LogP contribution in [0.25, 0.3) is 0 Å². The first-order valence-corrected chi connectivity index (χ1v) is 12.3. The highest BCUT2D eigenvalue weighted by Gasteiger charge is 2.75. The van der Waals surface area contributed by atoms with Crippen molar-refractivity contribution < 1.29 is 14.3 Å². The molecule has 6 rings (SSSR count). The minimum absolute atomic E-state index is 0.00880. The molecule has 4 fully saturated rings. The monoisotopic (exact) mass is 421 g/mol. The summed E-state index contributed by atoms with van der Waals surface area (Å²) in [6.07, 6.45) is 14.0. The first kappa shape index (κ1) is 20.0. The van der Waals surface area contributed by atoms with Gasteiger partial charge >= 0.3 is 5.97 Å². The summed E-state index contributed by atoms with van der Waals surface area (Å²) in [6, 6.07) is 6.22. The number of carbonyl (C=O) groups excluding carboxylic acids is 1. The zero-order valence-corrected chi connectivity index (χ0v) is 19.1. The number of aromatic nitrogens is 1. The van der Waals surface area contributed by atoms with Crippen molar-refractivity contribution in [2.24, 2.45) is 28.6 Å². The van der Waals surface area contributed by atoms with Gasteiger partial charge in [0.15, 0.2) is 0 Å². The van der Waals surface area contributed by atoms with Crippen molar-refractivity contribution >= 4 is 5.97 Å². The number of nitrogens with zero attached hydrogens (tertiary/aromatic N) is 1. The van der Waals surface area contributed by atoms with Crippen molar-refractivity contribution in [1.29, 1.82) is 0 Å². The summed E-state index contributed by atoms with van der Waals surface area (Å²) < 4.78 is 12.2. The Labute approximate surface area is 185 Å². The molecule has 0 N–H and O–H groups in total. The second kappa shape index (κ2) is 6.66. The zero-order chi connectivity index (χ0) is 21.4.